The van der Waals surface area contributed by atoms with Crippen molar-refractivity contribution in [2.24, 2.45) is 5.92 Å². The third kappa shape index (κ3) is 3.47. The molecule has 0 saturated heterocycles. The normalized spacial score (nSPS) is 18.7. The monoisotopic (exact) mass is 397 g/mol. The molecule has 1 atom stereocenters. The zero-order valence-corrected chi connectivity index (χ0v) is 15.7. The zero-order valence-electron chi connectivity index (χ0n) is 11.2. The van der Waals surface area contributed by atoms with Crippen LogP contribution in [-0.4, -0.2) is 25.0 Å². The Labute approximate surface area is 147 Å². The number of rotatable bonds is 2. The molecular weight excluding hydrogens is 383 g/mol. The number of ether oxygens (including phenoxy) is 1. The Hall–Kier alpha value is -0.186. The van der Waals surface area contributed by atoms with E-state index in [2.05, 4.69) is 22.0 Å². The van der Waals surface area contributed by atoms with E-state index in [4.69, 9.17) is 4.74 Å². The molecule has 5 heteroatoms. The van der Waals surface area contributed by atoms with Crippen LogP contribution in [0, 0.1) is 12.0 Å². The van der Waals surface area contributed by atoms with Gasteiger partial charge in [0.2, 0.25) is 5.91 Å². The summed E-state index contributed by atoms with van der Waals surface area (Å²) in [4.78, 5) is 13.6. The average Bonchev–Trinajstić information content (AvgIpc) is 2.37. The molecule has 0 saturated carbocycles. The molecule has 2 rings (SSSR count). The summed E-state index contributed by atoms with van der Waals surface area (Å²) in [6.45, 7) is 1.92. The molecule has 0 aliphatic carbocycles. The number of nitrogens with zero attached hydrogens (tertiary/aromatic N) is 1. The number of carbonyl (C=O) groups excluding carboxylic acids is 1. The van der Waals surface area contributed by atoms with Crippen molar-refractivity contribution in [3.8, 4) is 5.75 Å². The van der Waals surface area contributed by atoms with Crippen molar-refractivity contribution in [1.29, 1.82) is 0 Å². The molecule has 0 fully saturated rings. The van der Waals surface area contributed by atoms with E-state index < -0.39 is 0 Å². The van der Waals surface area contributed by atoms with E-state index in [1.165, 1.54) is 0 Å². The third-order valence-electron chi connectivity index (χ3n) is 3.09. The molecule has 1 aromatic carbocycles. The fourth-order valence-corrected chi connectivity index (χ4v) is 2.53. The summed E-state index contributed by atoms with van der Waals surface area (Å²) in [5.41, 5.74) is 1.78. The topological polar surface area (TPSA) is 29.5 Å². The van der Waals surface area contributed by atoms with Crippen molar-refractivity contribution >= 4 is 27.5 Å². The summed E-state index contributed by atoms with van der Waals surface area (Å²) in [6, 6.07) is 5.70. The number of carbonyl (C=O) groups is 1. The standard InChI is InChI=1S/C14H15BrNO2.Y/c1-9-4-7-13(16(2)14(9)17)11-6-5-10(18-3)8-12(11)15;/h5-6,8-9H,4H2,1-3H3;/q-1;. The fraction of sp³-hybridized carbons (Fsp3) is 0.357. The first-order valence-electron chi connectivity index (χ1n) is 5.77. The number of hydrogen-bond acceptors (Lipinski definition) is 2. The summed E-state index contributed by atoms with van der Waals surface area (Å²) in [5, 5.41) is 0. The molecule has 0 N–H and O–H groups in total. The van der Waals surface area contributed by atoms with E-state index in [0.717, 1.165) is 21.5 Å². The maximum Gasteiger partial charge on any atom is 0.225 e. The Kier molecular flexibility index (Phi) is 6.22. The molecular formula is C14H15BrNO2Y-. The molecule has 0 aromatic heterocycles. The molecule has 99 valence electrons. The van der Waals surface area contributed by atoms with Crippen LogP contribution in [0.25, 0.3) is 5.70 Å². The Morgan fingerprint density at radius 2 is 2.16 bits per heavy atom. The Balaban J connectivity index is 0.00000180. The van der Waals surface area contributed by atoms with E-state index in [1.54, 1.807) is 19.1 Å². The minimum atomic E-state index is 0. The Morgan fingerprint density at radius 3 is 2.74 bits per heavy atom. The predicted molar refractivity (Wildman–Crippen MR) is 73.9 cm³/mol. The van der Waals surface area contributed by atoms with Crippen molar-refractivity contribution in [2.45, 2.75) is 13.3 Å². The van der Waals surface area contributed by atoms with Crippen LogP contribution in [0.3, 0.4) is 0 Å². The van der Waals surface area contributed by atoms with Crippen molar-refractivity contribution in [1.82, 2.24) is 4.90 Å². The molecule has 0 bridgehead atoms. The van der Waals surface area contributed by atoms with E-state index in [9.17, 15) is 4.79 Å². The summed E-state index contributed by atoms with van der Waals surface area (Å²) < 4.78 is 6.06. The maximum atomic E-state index is 12.0. The molecule has 1 aliphatic rings. The largest absolute Gasteiger partial charge is 0.497 e. The summed E-state index contributed by atoms with van der Waals surface area (Å²) in [7, 11) is 3.42. The van der Waals surface area contributed by atoms with Crippen LogP contribution in [0.4, 0.5) is 0 Å². The average molecular weight is 398 g/mol. The number of halogens is 1. The van der Waals surface area contributed by atoms with Crippen LogP contribution in [0.2, 0.25) is 0 Å². The van der Waals surface area contributed by atoms with Gasteiger partial charge < -0.3 is 9.64 Å². The van der Waals surface area contributed by atoms with Crippen molar-refractivity contribution < 1.29 is 42.2 Å². The molecule has 0 spiro atoms. The third-order valence-corrected chi connectivity index (χ3v) is 3.75. The van der Waals surface area contributed by atoms with Crippen LogP contribution in [0.1, 0.15) is 18.9 Å². The van der Waals surface area contributed by atoms with Gasteiger partial charge in [0.05, 0.1) is 7.11 Å². The van der Waals surface area contributed by atoms with Gasteiger partial charge in [-0.25, -0.2) is 6.08 Å². The summed E-state index contributed by atoms with van der Waals surface area (Å²) in [6.07, 6.45) is 3.96. The first-order valence-corrected chi connectivity index (χ1v) is 6.56. The molecule has 1 unspecified atom stereocenters. The van der Waals surface area contributed by atoms with Crippen LogP contribution >= 0.6 is 15.9 Å². The van der Waals surface area contributed by atoms with E-state index in [-0.39, 0.29) is 44.5 Å². The minimum absolute atomic E-state index is 0. The van der Waals surface area contributed by atoms with Gasteiger partial charge in [-0.3, -0.25) is 4.79 Å². The van der Waals surface area contributed by atoms with Gasteiger partial charge in [-0.15, -0.1) is 17.3 Å². The van der Waals surface area contributed by atoms with Crippen LogP contribution in [0.5, 0.6) is 5.75 Å². The number of amides is 1. The van der Waals surface area contributed by atoms with Crippen molar-refractivity contribution in [2.75, 3.05) is 14.2 Å². The Bertz CT molecular complexity index is 516. The van der Waals surface area contributed by atoms with Gasteiger partial charge in [-0.2, -0.15) is 0 Å². The van der Waals surface area contributed by atoms with Gasteiger partial charge in [0.15, 0.2) is 0 Å². The van der Waals surface area contributed by atoms with Crippen molar-refractivity contribution in [3.05, 3.63) is 34.3 Å². The number of allylic oxidation sites excluding steroid dienone is 1. The molecule has 1 radical (unpaired) electrons. The van der Waals surface area contributed by atoms with Gasteiger partial charge in [-0.05, 0) is 12.1 Å². The quantitative estimate of drug-likeness (QED) is 0.717. The number of hydrogen-bond donors (Lipinski definition) is 0. The van der Waals surface area contributed by atoms with Gasteiger partial charge >= 0.3 is 0 Å². The van der Waals surface area contributed by atoms with Crippen molar-refractivity contribution in [3.63, 3.8) is 0 Å². The van der Waals surface area contributed by atoms with E-state index >= 15 is 0 Å². The van der Waals surface area contributed by atoms with Crippen LogP contribution in [0.15, 0.2) is 22.7 Å². The minimum Gasteiger partial charge on any atom is -0.497 e. The predicted octanol–water partition coefficient (Wildman–Crippen LogP) is 3.10. The SMILES string of the molecule is COc1ccc(C2=[C-]CC(C)C(=O)N2C)c(Br)c1.[Y]. The number of methoxy groups -OCH3 is 1. The Morgan fingerprint density at radius 1 is 1.47 bits per heavy atom. The van der Waals surface area contributed by atoms with Crippen LogP contribution < -0.4 is 4.74 Å². The van der Waals surface area contributed by atoms with Gasteiger partial charge in [0.25, 0.3) is 0 Å². The summed E-state index contributed by atoms with van der Waals surface area (Å²) >= 11 is 3.51. The molecule has 1 amide bonds. The van der Waals surface area contributed by atoms with E-state index in [1.807, 2.05) is 25.1 Å². The maximum absolute atomic E-state index is 12.0. The first-order chi connectivity index (χ1) is 8.54. The fourth-order valence-electron chi connectivity index (χ4n) is 1.99. The van der Waals surface area contributed by atoms with Gasteiger partial charge in [0, 0.05) is 45.7 Å². The number of benzene rings is 1. The zero-order chi connectivity index (χ0) is 13.3. The second kappa shape index (κ2) is 7.00. The molecule has 19 heavy (non-hydrogen) atoms. The summed E-state index contributed by atoms with van der Waals surface area (Å²) in [5.74, 6) is 0.923. The second-order valence-corrected chi connectivity index (χ2v) is 5.23. The van der Waals surface area contributed by atoms with Crippen LogP contribution in [-0.2, 0) is 37.5 Å². The molecule has 1 aromatic rings. The van der Waals surface area contributed by atoms with Gasteiger partial charge in [0.1, 0.15) is 5.75 Å². The molecule has 1 aliphatic heterocycles. The second-order valence-electron chi connectivity index (χ2n) is 4.37. The van der Waals surface area contributed by atoms with Gasteiger partial charge in [-0.1, -0.05) is 33.7 Å². The van der Waals surface area contributed by atoms with E-state index in [0.29, 0.717) is 6.42 Å². The molecule has 1 heterocycles. The first kappa shape index (κ1) is 16.9. The smallest absolute Gasteiger partial charge is 0.225 e. The molecule has 3 nitrogen and oxygen atoms in total.